The molecular weight excluding hydrogens is 200 g/mol. The highest BCUT2D eigenvalue weighted by Gasteiger charge is 2.21. The van der Waals surface area contributed by atoms with E-state index >= 15 is 0 Å². The summed E-state index contributed by atoms with van der Waals surface area (Å²) in [4.78, 5) is 2.66. The van der Waals surface area contributed by atoms with E-state index in [0.717, 1.165) is 12.6 Å². The fraction of sp³-hybridized carbons (Fsp3) is 1.00. The number of nitrogens with one attached hydrogen (secondary N) is 1. The molecule has 2 aliphatic rings. The minimum atomic E-state index is 0.552. The van der Waals surface area contributed by atoms with Gasteiger partial charge >= 0.3 is 0 Å². The molecule has 1 unspecified atom stereocenters. The van der Waals surface area contributed by atoms with Crippen molar-refractivity contribution in [3.63, 3.8) is 0 Å². The third-order valence-electron chi connectivity index (χ3n) is 3.99. The fourth-order valence-corrected chi connectivity index (χ4v) is 2.95. The van der Waals surface area contributed by atoms with E-state index in [0.29, 0.717) is 6.10 Å². The monoisotopic (exact) mass is 226 g/mol. The third kappa shape index (κ3) is 3.44. The van der Waals surface area contributed by atoms with Gasteiger partial charge in [0.05, 0.1) is 6.10 Å². The van der Waals surface area contributed by atoms with Crippen molar-refractivity contribution in [2.45, 2.75) is 51.2 Å². The van der Waals surface area contributed by atoms with E-state index in [4.69, 9.17) is 4.74 Å². The van der Waals surface area contributed by atoms with Gasteiger partial charge in [0.25, 0.3) is 0 Å². The molecule has 16 heavy (non-hydrogen) atoms. The largest absolute Gasteiger partial charge is 0.378 e. The molecule has 0 aliphatic carbocycles. The average Bonchev–Trinajstić information content (AvgIpc) is 2.84. The van der Waals surface area contributed by atoms with Crippen LogP contribution in [-0.4, -0.2) is 49.8 Å². The van der Waals surface area contributed by atoms with Crippen LogP contribution in [0.25, 0.3) is 0 Å². The molecule has 0 aromatic rings. The van der Waals surface area contributed by atoms with Gasteiger partial charge in [0, 0.05) is 19.2 Å². The minimum absolute atomic E-state index is 0.552. The zero-order valence-electron chi connectivity index (χ0n) is 10.6. The molecular formula is C13H26N2O. The number of piperidine rings is 1. The molecule has 3 heteroatoms. The second-order valence-corrected chi connectivity index (χ2v) is 5.03. The molecule has 0 bridgehead atoms. The summed E-state index contributed by atoms with van der Waals surface area (Å²) in [6.45, 7) is 8.09. The van der Waals surface area contributed by atoms with Crippen LogP contribution in [0.15, 0.2) is 0 Å². The van der Waals surface area contributed by atoms with Crippen molar-refractivity contribution < 1.29 is 4.74 Å². The van der Waals surface area contributed by atoms with Gasteiger partial charge in [0.15, 0.2) is 0 Å². The lowest BCUT2D eigenvalue weighted by molar-refractivity contribution is 0.0810. The number of ether oxygens (including phenoxy) is 1. The van der Waals surface area contributed by atoms with E-state index in [1.165, 1.54) is 58.3 Å². The molecule has 0 radical (unpaired) electrons. The standard InChI is InChI=1S/C13H26N2O/c1-2-15(12-5-8-14-9-6-12)10-7-13-4-3-11-16-13/h12-14H,2-11H2,1H3. The van der Waals surface area contributed by atoms with Crippen molar-refractivity contribution in [3.05, 3.63) is 0 Å². The van der Waals surface area contributed by atoms with Crippen molar-refractivity contribution in [1.82, 2.24) is 10.2 Å². The fourth-order valence-electron chi connectivity index (χ4n) is 2.95. The topological polar surface area (TPSA) is 24.5 Å². The summed E-state index contributed by atoms with van der Waals surface area (Å²) in [6, 6.07) is 0.813. The first-order chi connectivity index (χ1) is 7.90. The zero-order valence-corrected chi connectivity index (χ0v) is 10.6. The van der Waals surface area contributed by atoms with Gasteiger partial charge in [-0.25, -0.2) is 0 Å². The summed E-state index contributed by atoms with van der Waals surface area (Å²) in [5, 5.41) is 3.44. The molecule has 0 saturated carbocycles. The molecule has 1 N–H and O–H groups in total. The van der Waals surface area contributed by atoms with Crippen LogP contribution in [0.5, 0.6) is 0 Å². The molecule has 2 rings (SSSR count). The Labute approximate surface area is 99.5 Å². The molecule has 0 spiro atoms. The first-order valence-corrected chi connectivity index (χ1v) is 6.96. The zero-order chi connectivity index (χ0) is 11.2. The SMILES string of the molecule is CCN(CCC1CCCO1)C1CCNCC1. The molecule has 0 amide bonds. The molecule has 2 heterocycles. The van der Waals surface area contributed by atoms with Gasteiger partial charge in [-0.3, -0.25) is 0 Å². The van der Waals surface area contributed by atoms with Crippen molar-refractivity contribution >= 4 is 0 Å². The van der Waals surface area contributed by atoms with Crippen LogP contribution in [0.4, 0.5) is 0 Å². The van der Waals surface area contributed by atoms with E-state index in [1.54, 1.807) is 0 Å². The lowest BCUT2D eigenvalue weighted by Crippen LogP contribution is -2.44. The van der Waals surface area contributed by atoms with Gasteiger partial charge in [0.2, 0.25) is 0 Å². The molecule has 94 valence electrons. The van der Waals surface area contributed by atoms with Gasteiger partial charge in [-0.15, -0.1) is 0 Å². The maximum absolute atomic E-state index is 5.70. The first-order valence-electron chi connectivity index (χ1n) is 6.96. The van der Waals surface area contributed by atoms with Gasteiger partial charge in [-0.2, -0.15) is 0 Å². The Balaban J connectivity index is 1.70. The summed E-state index contributed by atoms with van der Waals surface area (Å²) in [6.07, 6.45) is 6.97. The van der Waals surface area contributed by atoms with E-state index in [-0.39, 0.29) is 0 Å². The molecule has 0 aromatic heterocycles. The summed E-state index contributed by atoms with van der Waals surface area (Å²) >= 11 is 0. The highest BCUT2D eigenvalue weighted by molar-refractivity contribution is 4.78. The van der Waals surface area contributed by atoms with E-state index < -0.39 is 0 Å². The number of nitrogens with zero attached hydrogens (tertiary/aromatic N) is 1. The van der Waals surface area contributed by atoms with Crippen LogP contribution in [0.2, 0.25) is 0 Å². The van der Waals surface area contributed by atoms with Gasteiger partial charge in [-0.1, -0.05) is 6.92 Å². The Bertz CT molecular complexity index is 186. The number of rotatable bonds is 5. The second-order valence-electron chi connectivity index (χ2n) is 5.03. The van der Waals surface area contributed by atoms with Gasteiger partial charge < -0.3 is 15.0 Å². The van der Waals surface area contributed by atoms with E-state index in [1.807, 2.05) is 0 Å². The Kier molecular flexibility index (Phi) is 5.07. The summed E-state index contributed by atoms with van der Waals surface area (Å²) < 4.78 is 5.70. The van der Waals surface area contributed by atoms with Crippen LogP contribution in [0.1, 0.15) is 39.0 Å². The smallest absolute Gasteiger partial charge is 0.0588 e. The molecule has 2 fully saturated rings. The Morgan fingerprint density at radius 1 is 1.25 bits per heavy atom. The summed E-state index contributed by atoms with van der Waals surface area (Å²) in [5.41, 5.74) is 0. The highest BCUT2D eigenvalue weighted by Crippen LogP contribution is 2.18. The molecule has 2 aliphatic heterocycles. The summed E-state index contributed by atoms with van der Waals surface area (Å²) in [7, 11) is 0. The number of hydrogen-bond acceptors (Lipinski definition) is 3. The van der Waals surface area contributed by atoms with Crippen molar-refractivity contribution in [2.75, 3.05) is 32.8 Å². The van der Waals surface area contributed by atoms with Crippen molar-refractivity contribution in [1.29, 1.82) is 0 Å². The highest BCUT2D eigenvalue weighted by atomic mass is 16.5. The van der Waals surface area contributed by atoms with Crippen LogP contribution in [-0.2, 0) is 4.74 Å². The Morgan fingerprint density at radius 2 is 2.06 bits per heavy atom. The van der Waals surface area contributed by atoms with Gasteiger partial charge in [0.1, 0.15) is 0 Å². The third-order valence-corrected chi connectivity index (χ3v) is 3.99. The molecule has 2 saturated heterocycles. The first kappa shape index (κ1) is 12.3. The quantitative estimate of drug-likeness (QED) is 0.771. The van der Waals surface area contributed by atoms with E-state index in [9.17, 15) is 0 Å². The van der Waals surface area contributed by atoms with Crippen LogP contribution < -0.4 is 5.32 Å². The van der Waals surface area contributed by atoms with Crippen molar-refractivity contribution in [2.24, 2.45) is 0 Å². The van der Waals surface area contributed by atoms with Crippen molar-refractivity contribution in [3.8, 4) is 0 Å². The van der Waals surface area contributed by atoms with Gasteiger partial charge in [-0.05, 0) is 51.7 Å². The lowest BCUT2D eigenvalue weighted by atomic mass is 10.0. The molecule has 0 aromatic carbocycles. The second kappa shape index (κ2) is 6.58. The summed E-state index contributed by atoms with van der Waals surface area (Å²) in [5.74, 6) is 0. The average molecular weight is 226 g/mol. The number of hydrogen-bond donors (Lipinski definition) is 1. The predicted octanol–water partition coefficient (Wildman–Crippen LogP) is 1.63. The molecule has 1 atom stereocenters. The maximum Gasteiger partial charge on any atom is 0.0588 e. The minimum Gasteiger partial charge on any atom is -0.378 e. The van der Waals surface area contributed by atoms with Crippen LogP contribution in [0, 0.1) is 0 Å². The van der Waals surface area contributed by atoms with E-state index in [2.05, 4.69) is 17.1 Å². The Hall–Kier alpha value is -0.120. The molecule has 3 nitrogen and oxygen atoms in total. The normalized spacial score (nSPS) is 27.8. The van der Waals surface area contributed by atoms with Crippen LogP contribution in [0.3, 0.4) is 0 Å². The van der Waals surface area contributed by atoms with Crippen LogP contribution >= 0.6 is 0 Å². The maximum atomic E-state index is 5.70. The Morgan fingerprint density at radius 3 is 2.69 bits per heavy atom. The lowest BCUT2D eigenvalue weighted by Gasteiger charge is -2.34. The predicted molar refractivity (Wildman–Crippen MR) is 66.7 cm³/mol.